The van der Waals surface area contributed by atoms with Gasteiger partial charge in [0, 0.05) is 18.2 Å². The molecular formula is C23H21N3O4S. The van der Waals surface area contributed by atoms with Crippen LogP contribution in [0.15, 0.2) is 88.9 Å². The van der Waals surface area contributed by atoms with Gasteiger partial charge in [0.2, 0.25) is 26.6 Å². The molecule has 0 heterocycles. The molecule has 0 aromatic heterocycles. The first-order valence-corrected chi connectivity index (χ1v) is 10.9. The molecule has 3 aromatic carbocycles. The number of sulfone groups is 1. The molecule has 0 fully saturated rings. The molecule has 0 aliphatic heterocycles. The van der Waals surface area contributed by atoms with Crippen LogP contribution in [0.25, 0.3) is 0 Å². The highest BCUT2D eigenvalue weighted by Crippen LogP contribution is 2.19. The van der Waals surface area contributed by atoms with Gasteiger partial charge < -0.3 is 5.32 Å². The summed E-state index contributed by atoms with van der Waals surface area (Å²) in [5, 5.41) is 5.91. The molecule has 0 spiro atoms. The van der Waals surface area contributed by atoms with Gasteiger partial charge in [-0.1, -0.05) is 48.0 Å². The molecule has 8 heteroatoms. The summed E-state index contributed by atoms with van der Waals surface area (Å²) < 4.78 is 26.6. The minimum Gasteiger partial charge on any atom is -0.326 e. The highest BCUT2D eigenvalue weighted by molar-refractivity contribution is 8.08. The van der Waals surface area contributed by atoms with Crippen molar-refractivity contribution in [1.29, 1.82) is 0 Å². The Kier molecular flexibility index (Phi) is 6.61. The van der Waals surface area contributed by atoms with E-state index >= 15 is 0 Å². The predicted molar refractivity (Wildman–Crippen MR) is 121 cm³/mol. The van der Waals surface area contributed by atoms with Crippen LogP contribution in [0.5, 0.6) is 0 Å². The number of aryl methyl sites for hydroxylation is 1. The van der Waals surface area contributed by atoms with Gasteiger partial charge in [-0.2, -0.15) is 5.10 Å². The molecular weight excluding hydrogens is 414 g/mol. The number of ketones is 1. The minimum atomic E-state index is -4.25. The van der Waals surface area contributed by atoms with Crippen molar-refractivity contribution in [2.45, 2.75) is 18.7 Å². The molecule has 0 unspecified atom stereocenters. The van der Waals surface area contributed by atoms with Crippen LogP contribution in [0.3, 0.4) is 0 Å². The van der Waals surface area contributed by atoms with Gasteiger partial charge in [-0.3, -0.25) is 15.0 Å². The molecule has 158 valence electrons. The van der Waals surface area contributed by atoms with Crippen LogP contribution in [-0.4, -0.2) is 25.2 Å². The van der Waals surface area contributed by atoms with Crippen LogP contribution in [-0.2, 0) is 14.6 Å². The molecule has 31 heavy (non-hydrogen) atoms. The Morgan fingerprint density at radius 3 is 1.97 bits per heavy atom. The second-order valence-corrected chi connectivity index (χ2v) is 8.66. The van der Waals surface area contributed by atoms with E-state index in [1.54, 1.807) is 30.3 Å². The second-order valence-electron chi connectivity index (χ2n) is 6.80. The van der Waals surface area contributed by atoms with Crippen LogP contribution in [0, 0.1) is 6.92 Å². The average Bonchev–Trinajstić information content (AvgIpc) is 2.75. The number of nitrogens with zero attached hydrogens (tertiary/aromatic N) is 1. The maximum absolute atomic E-state index is 13.3. The maximum atomic E-state index is 13.3. The number of amides is 1. The number of hydrogen-bond acceptors (Lipinski definition) is 6. The van der Waals surface area contributed by atoms with E-state index in [1.807, 2.05) is 19.1 Å². The zero-order chi connectivity index (χ0) is 22.4. The van der Waals surface area contributed by atoms with Gasteiger partial charge in [0.15, 0.2) is 0 Å². The van der Waals surface area contributed by atoms with Crippen molar-refractivity contribution < 1.29 is 18.0 Å². The van der Waals surface area contributed by atoms with E-state index in [2.05, 4.69) is 15.8 Å². The summed E-state index contributed by atoms with van der Waals surface area (Å²) >= 11 is 0. The monoisotopic (exact) mass is 435 g/mol. The molecule has 3 aromatic rings. The third-order valence-electron chi connectivity index (χ3n) is 4.31. The van der Waals surface area contributed by atoms with E-state index in [9.17, 15) is 18.0 Å². The molecule has 3 rings (SSSR count). The molecule has 2 N–H and O–H groups in total. The van der Waals surface area contributed by atoms with Gasteiger partial charge >= 0.3 is 0 Å². The van der Waals surface area contributed by atoms with E-state index in [0.29, 0.717) is 11.4 Å². The van der Waals surface area contributed by atoms with Gasteiger partial charge in [-0.05, 0) is 43.3 Å². The molecule has 0 radical (unpaired) electrons. The first kappa shape index (κ1) is 21.9. The van der Waals surface area contributed by atoms with Crippen molar-refractivity contribution in [3.63, 3.8) is 0 Å². The standard InChI is InChI=1S/C23H21N3O4S/c1-16-8-10-20(11-9-16)25-26-23(22(28)18-6-4-3-5-7-18)31(29,30)21-14-12-19(13-15-21)24-17(2)27/h3-15,25H,1-2H3,(H,24,27)/b26-23-. The zero-order valence-corrected chi connectivity index (χ0v) is 17.8. The summed E-state index contributed by atoms with van der Waals surface area (Å²) in [4.78, 5) is 24.1. The highest BCUT2D eigenvalue weighted by atomic mass is 32.2. The smallest absolute Gasteiger partial charge is 0.229 e. The number of nitrogens with one attached hydrogen (secondary N) is 2. The van der Waals surface area contributed by atoms with Crippen LogP contribution in [0.4, 0.5) is 11.4 Å². The molecule has 0 saturated heterocycles. The zero-order valence-electron chi connectivity index (χ0n) is 17.0. The number of carbonyl (C=O) groups excluding carboxylic acids is 2. The Bertz CT molecular complexity index is 1220. The maximum Gasteiger partial charge on any atom is 0.229 e. The number of rotatable bonds is 6. The van der Waals surface area contributed by atoms with Gasteiger partial charge in [-0.25, -0.2) is 8.42 Å². The largest absolute Gasteiger partial charge is 0.326 e. The fourth-order valence-electron chi connectivity index (χ4n) is 2.72. The van der Waals surface area contributed by atoms with Crippen molar-refractivity contribution in [3.8, 4) is 0 Å². The topological polar surface area (TPSA) is 105 Å². The summed E-state index contributed by atoms with van der Waals surface area (Å²) in [5.41, 5.74) is 4.88. The van der Waals surface area contributed by atoms with Crippen LogP contribution < -0.4 is 10.7 Å². The second kappa shape index (κ2) is 9.36. The number of anilines is 2. The van der Waals surface area contributed by atoms with Crippen molar-refractivity contribution in [1.82, 2.24) is 0 Å². The third kappa shape index (κ3) is 5.43. The Balaban J connectivity index is 2.01. The van der Waals surface area contributed by atoms with Crippen molar-refractivity contribution >= 4 is 37.9 Å². The summed E-state index contributed by atoms with van der Waals surface area (Å²) in [6.45, 7) is 3.27. The van der Waals surface area contributed by atoms with E-state index in [1.165, 1.54) is 43.3 Å². The van der Waals surface area contributed by atoms with Crippen LogP contribution in [0.2, 0.25) is 0 Å². The first-order valence-electron chi connectivity index (χ1n) is 9.40. The van der Waals surface area contributed by atoms with Gasteiger partial charge in [0.25, 0.3) is 0 Å². The van der Waals surface area contributed by atoms with Crippen LogP contribution >= 0.6 is 0 Å². The molecule has 1 amide bonds. The summed E-state index contributed by atoms with van der Waals surface area (Å²) in [6.07, 6.45) is 0. The summed E-state index contributed by atoms with van der Waals surface area (Å²) in [6, 6.07) is 20.8. The summed E-state index contributed by atoms with van der Waals surface area (Å²) in [7, 11) is -4.25. The average molecular weight is 436 g/mol. The Hall–Kier alpha value is -3.78. The molecule has 7 nitrogen and oxygen atoms in total. The fraction of sp³-hybridized carbons (Fsp3) is 0.0870. The van der Waals surface area contributed by atoms with Crippen molar-refractivity contribution in [2.24, 2.45) is 5.10 Å². The van der Waals surface area contributed by atoms with Gasteiger partial charge in [0.1, 0.15) is 0 Å². The normalized spacial score (nSPS) is 11.6. The highest BCUT2D eigenvalue weighted by Gasteiger charge is 2.30. The van der Waals surface area contributed by atoms with E-state index in [-0.39, 0.29) is 16.4 Å². The Labute approximate surface area is 180 Å². The van der Waals surface area contributed by atoms with Gasteiger partial charge in [-0.15, -0.1) is 0 Å². The summed E-state index contributed by atoms with van der Waals surface area (Å²) in [5.74, 6) is -1.01. The quantitative estimate of drug-likeness (QED) is 0.263. The molecule has 0 saturated carbocycles. The number of hydrogen-bond donors (Lipinski definition) is 2. The lowest BCUT2D eigenvalue weighted by molar-refractivity contribution is -0.114. The van der Waals surface area contributed by atoms with Crippen molar-refractivity contribution in [3.05, 3.63) is 90.0 Å². The molecule has 0 atom stereocenters. The predicted octanol–water partition coefficient (Wildman–Crippen LogP) is 4.04. The first-order chi connectivity index (χ1) is 14.8. The molecule has 0 bridgehead atoms. The SMILES string of the molecule is CC(=O)Nc1ccc(S(=O)(=O)/C(=N\Nc2ccc(C)cc2)C(=O)c2ccccc2)cc1. The van der Waals surface area contributed by atoms with E-state index in [0.717, 1.165) is 5.56 Å². The Morgan fingerprint density at radius 2 is 1.39 bits per heavy atom. The van der Waals surface area contributed by atoms with Crippen LogP contribution in [0.1, 0.15) is 22.8 Å². The molecule has 0 aliphatic rings. The lowest BCUT2D eigenvalue weighted by Gasteiger charge is -2.10. The van der Waals surface area contributed by atoms with E-state index in [4.69, 9.17) is 0 Å². The minimum absolute atomic E-state index is 0.115. The van der Waals surface area contributed by atoms with E-state index < -0.39 is 20.7 Å². The number of benzene rings is 3. The Morgan fingerprint density at radius 1 is 0.806 bits per heavy atom. The number of carbonyl (C=O) groups is 2. The number of hydrazone groups is 1. The molecule has 0 aliphatic carbocycles. The fourth-order valence-corrected chi connectivity index (χ4v) is 3.97. The number of Topliss-reactive ketones (excluding diaryl/α,β-unsaturated/α-hetero) is 1. The van der Waals surface area contributed by atoms with Gasteiger partial charge in [0.05, 0.1) is 10.6 Å². The lowest BCUT2D eigenvalue weighted by Crippen LogP contribution is -2.26. The van der Waals surface area contributed by atoms with Crippen molar-refractivity contribution in [2.75, 3.05) is 10.7 Å². The third-order valence-corrected chi connectivity index (χ3v) is 5.99. The lowest BCUT2D eigenvalue weighted by atomic mass is 10.1.